The number of hydrogen-bond acceptors (Lipinski definition) is 2. The van der Waals surface area contributed by atoms with Crippen LogP contribution in [0.15, 0.2) is 11.1 Å². The molecule has 0 aromatic carbocycles. The lowest BCUT2D eigenvalue weighted by molar-refractivity contribution is 0.532. The highest BCUT2D eigenvalue weighted by Crippen LogP contribution is 2.28. The zero-order valence-corrected chi connectivity index (χ0v) is 9.11. The van der Waals surface area contributed by atoms with Gasteiger partial charge in [-0.25, -0.2) is 0 Å². The van der Waals surface area contributed by atoms with Crippen molar-refractivity contribution in [1.29, 1.82) is 0 Å². The van der Waals surface area contributed by atoms with Crippen molar-refractivity contribution in [3.8, 4) is 0 Å². The van der Waals surface area contributed by atoms with E-state index in [1.54, 1.807) is 11.8 Å². The van der Waals surface area contributed by atoms with E-state index in [1.165, 1.54) is 0 Å². The summed E-state index contributed by atoms with van der Waals surface area (Å²) in [7, 11) is 0. The van der Waals surface area contributed by atoms with Gasteiger partial charge in [0, 0.05) is 6.04 Å². The number of aromatic nitrogens is 2. The molecule has 0 saturated heterocycles. The second-order valence-corrected chi connectivity index (χ2v) is 4.43. The number of hydrogen-bond donors (Lipinski definition) is 0. The zero-order chi connectivity index (χ0) is 9.14. The topological polar surface area (TPSA) is 17.8 Å². The maximum Gasteiger partial charge on any atom is 0.140 e. The third-order valence-electron chi connectivity index (χ3n) is 1.49. The highest BCUT2D eigenvalue weighted by Gasteiger charge is 2.09. The average Bonchev–Trinajstić information content (AvgIpc) is 2.34. The number of rotatable bonds is 3. The quantitative estimate of drug-likeness (QED) is 0.704. The molecule has 1 aromatic rings. The molecule has 4 heteroatoms. The molecule has 0 radical (unpaired) electrons. The second-order valence-electron chi connectivity index (χ2n) is 2.77. The van der Waals surface area contributed by atoms with E-state index in [9.17, 15) is 0 Å². The molecule has 0 bridgehead atoms. The van der Waals surface area contributed by atoms with Crippen LogP contribution < -0.4 is 0 Å². The zero-order valence-electron chi connectivity index (χ0n) is 7.54. The smallest absolute Gasteiger partial charge is 0.140 e. The van der Waals surface area contributed by atoms with Crippen LogP contribution in [0.25, 0.3) is 0 Å². The maximum absolute atomic E-state index is 6.08. The normalized spacial score (nSPS) is 11.1. The van der Waals surface area contributed by atoms with E-state index < -0.39 is 0 Å². The number of halogens is 1. The average molecular weight is 205 g/mol. The molecule has 12 heavy (non-hydrogen) atoms. The molecular weight excluding hydrogens is 192 g/mol. The molecule has 0 aliphatic heterocycles. The Balaban J connectivity index is 2.88. The Hall–Kier alpha value is -0.150. The van der Waals surface area contributed by atoms with E-state index in [0.29, 0.717) is 6.04 Å². The van der Waals surface area contributed by atoms with Gasteiger partial charge in [0.25, 0.3) is 0 Å². The van der Waals surface area contributed by atoms with Crippen molar-refractivity contribution < 1.29 is 0 Å². The lowest BCUT2D eigenvalue weighted by atomic mass is 10.4. The van der Waals surface area contributed by atoms with Gasteiger partial charge in [-0.3, -0.25) is 4.68 Å². The van der Waals surface area contributed by atoms with Crippen molar-refractivity contribution in [3.63, 3.8) is 0 Å². The first-order valence-electron chi connectivity index (χ1n) is 4.02. The van der Waals surface area contributed by atoms with Crippen LogP contribution in [-0.4, -0.2) is 15.5 Å². The van der Waals surface area contributed by atoms with Gasteiger partial charge in [0.05, 0.1) is 11.1 Å². The fourth-order valence-corrected chi connectivity index (χ4v) is 2.04. The lowest BCUT2D eigenvalue weighted by Crippen LogP contribution is -2.01. The Kier molecular flexibility index (Phi) is 3.47. The van der Waals surface area contributed by atoms with E-state index in [2.05, 4.69) is 25.9 Å². The molecule has 1 rings (SSSR count). The first-order chi connectivity index (χ1) is 5.66. The van der Waals surface area contributed by atoms with Crippen molar-refractivity contribution >= 4 is 23.4 Å². The van der Waals surface area contributed by atoms with Gasteiger partial charge in [0.15, 0.2) is 0 Å². The largest absolute Gasteiger partial charge is 0.250 e. The van der Waals surface area contributed by atoms with E-state index >= 15 is 0 Å². The fourth-order valence-electron chi connectivity index (χ4n) is 0.944. The van der Waals surface area contributed by atoms with Crippen molar-refractivity contribution in [2.75, 3.05) is 5.75 Å². The van der Waals surface area contributed by atoms with Gasteiger partial charge in [0.2, 0.25) is 0 Å². The summed E-state index contributed by atoms with van der Waals surface area (Å²) in [6, 6.07) is 0.337. The highest BCUT2D eigenvalue weighted by atomic mass is 35.5. The molecule has 0 N–H and O–H groups in total. The lowest BCUT2D eigenvalue weighted by Gasteiger charge is -2.06. The SMILES string of the molecule is CCSc1cnn(C(C)C)c1Cl. The van der Waals surface area contributed by atoms with Crippen molar-refractivity contribution in [1.82, 2.24) is 9.78 Å². The molecular formula is C8H13ClN2S. The number of thioether (sulfide) groups is 1. The molecule has 0 saturated carbocycles. The predicted octanol–water partition coefficient (Wildman–Crippen LogP) is 3.23. The van der Waals surface area contributed by atoms with Crippen LogP contribution in [0.5, 0.6) is 0 Å². The minimum atomic E-state index is 0.337. The van der Waals surface area contributed by atoms with Crippen LogP contribution >= 0.6 is 23.4 Å². The Labute approximate surface area is 82.3 Å². The molecule has 0 unspecified atom stereocenters. The van der Waals surface area contributed by atoms with Crippen LogP contribution in [0.1, 0.15) is 26.8 Å². The van der Waals surface area contributed by atoms with Crippen LogP contribution in [0.4, 0.5) is 0 Å². The van der Waals surface area contributed by atoms with Crippen LogP contribution in [0.2, 0.25) is 5.15 Å². The predicted molar refractivity (Wildman–Crippen MR) is 54.0 cm³/mol. The van der Waals surface area contributed by atoms with Gasteiger partial charge in [-0.1, -0.05) is 18.5 Å². The van der Waals surface area contributed by atoms with Gasteiger partial charge < -0.3 is 0 Å². The van der Waals surface area contributed by atoms with Crippen LogP contribution in [0, 0.1) is 0 Å². The summed E-state index contributed by atoms with van der Waals surface area (Å²) >= 11 is 7.80. The first-order valence-corrected chi connectivity index (χ1v) is 5.39. The molecule has 2 nitrogen and oxygen atoms in total. The minimum Gasteiger partial charge on any atom is -0.250 e. The Morgan fingerprint density at radius 2 is 2.33 bits per heavy atom. The van der Waals surface area contributed by atoms with Crippen molar-refractivity contribution in [2.45, 2.75) is 31.7 Å². The molecule has 1 aromatic heterocycles. The summed E-state index contributed by atoms with van der Waals surface area (Å²) in [5.74, 6) is 1.03. The van der Waals surface area contributed by atoms with E-state index in [-0.39, 0.29) is 0 Å². The van der Waals surface area contributed by atoms with Gasteiger partial charge in [0.1, 0.15) is 5.15 Å². The summed E-state index contributed by atoms with van der Waals surface area (Å²) < 4.78 is 1.83. The summed E-state index contributed by atoms with van der Waals surface area (Å²) in [6.07, 6.45) is 1.83. The molecule has 68 valence electrons. The highest BCUT2D eigenvalue weighted by molar-refractivity contribution is 7.99. The molecule has 0 aliphatic carbocycles. The Morgan fingerprint density at radius 3 is 2.75 bits per heavy atom. The monoisotopic (exact) mass is 204 g/mol. The minimum absolute atomic E-state index is 0.337. The van der Waals surface area contributed by atoms with E-state index in [4.69, 9.17) is 11.6 Å². The van der Waals surface area contributed by atoms with Crippen LogP contribution in [-0.2, 0) is 0 Å². The van der Waals surface area contributed by atoms with Crippen molar-refractivity contribution in [2.24, 2.45) is 0 Å². The second kappa shape index (κ2) is 4.19. The summed E-state index contributed by atoms with van der Waals surface area (Å²) in [6.45, 7) is 6.24. The van der Waals surface area contributed by atoms with E-state index in [1.807, 2.05) is 10.9 Å². The summed E-state index contributed by atoms with van der Waals surface area (Å²) in [5.41, 5.74) is 0. The van der Waals surface area contributed by atoms with Gasteiger partial charge in [-0.15, -0.1) is 11.8 Å². The fraction of sp³-hybridized carbons (Fsp3) is 0.625. The molecule has 0 spiro atoms. The standard InChI is InChI=1S/C8H13ClN2S/c1-4-12-7-5-10-11(6(2)3)8(7)9/h5-6H,4H2,1-3H3. The van der Waals surface area contributed by atoms with Crippen LogP contribution in [0.3, 0.4) is 0 Å². The maximum atomic E-state index is 6.08. The van der Waals surface area contributed by atoms with Gasteiger partial charge in [-0.2, -0.15) is 5.10 Å². The molecule has 0 aliphatic rings. The molecule has 0 atom stereocenters. The first kappa shape index (κ1) is 9.93. The summed E-state index contributed by atoms with van der Waals surface area (Å²) in [4.78, 5) is 1.08. The third-order valence-corrected chi connectivity index (χ3v) is 2.88. The summed E-state index contributed by atoms with van der Waals surface area (Å²) in [5, 5.41) is 4.96. The molecule has 0 amide bonds. The van der Waals surface area contributed by atoms with Gasteiger partial charge >= 0.3 is 0 Å². The Morgan fingerprint density at radius 1 is 1.67 bits per heavy atom. The number of nitrogens with zero attached hydrogens (tertiary/aromatic N) is 2. The van der Waals surface area contributed by atoms with Gasteiger partial charge in [-0.05, 0) is 19.6 Å². The third kappa shape index (κ3) is 1.96. The van der Waals surface area contributed by atoms with E-state index in [0.717, 1.165) is 15.8 Å². The van der Waals surface area contributed by atoms with Crippen molar-refractivity contribution in [3.05, 3.63) is 11.3 Å². The molecule has 1 heterocycles. The molecule has 0 fully saturated rings. The Bertz CT molecular complexity index is 258.